The zero-order chi connectivity index (χ0) is 22.7. The fourth-order valence-corrected chi connectivity index (χ4v) is 4.21. The van der Waals surface area contributed by atoms with Crippen LogP contribution in [0, 0.1) is 0 Å². The van der Waals surface area contributed by atoms with E-state index in [2.05, 4.69) is 23.8 Å². The molecule has 2 heteroatoms. The summed E-state index contributed by atoms with van der Waals surface area (Å²) in [6, 6.07) is 0. The van der Waals surface area contributed by atoms with E-state index in [1.807, 2.05) is 0 Å². The van der Waals surface area contributed by atoms with Crippen LogP contribution in [0.5, 0.6) is 0 Å². The topological polar surface area (TPSA) is 26.3 Å². The van der Waals surface area contributed by atoms with Crippen LogP contribution >= 0.6 is 0 Å². The highest BCUT2D eigenvalue weighted by Gasteiger charge is 1.99. The van der Waals surface area contributed by atoms with Crippen molar-refractivity contribution in [1.29, 1.82) is 0 Å². The van der Waals surface area contributed by atoms with Crippen LogP contribution in [0.15, 0.2) is 12.2 Å². The van der Waals surface area contributed by atoms with Gasteiger partial charge in [0, 0.05) is 6.42 Å². The minimum Gasteiger partial charge on any atom is -0.469 e. The average Bonchev–Trinajstić information content (AvgIpc) is 2.78. The van der Waals surface area contributed by atoms with Crippen LogP contribution in [0.1, 0.15) is 161 Å². The predicted molar refractivity (Wildman–Crippen MR) is 138 cm³/mol. The van der Waals surface area contributed by atoms with Gasteiger partial charge in [0.05, 0.1) is 7.11 Å². The van der Waals surface area contributed by atoms with Gasteiger partial charge >= 0.3 is 5.97 Å². The van der Waals surface area contributed by atoms with Crippen LogP contribution in [0.25, 0.3) is 0 Å². The highest BCUT2D eigenvalue weighted by Crippen LogP contribution is 2.14. The molecule has 0 aliphatic carbocycles. The lowest BCUT2D eigenvalue weighted by Crippen LogP contribution is -1.99. The summed E-state index contributed by atoms with van der Waals surface area (Å²) in [5, 5.41) is 0. The second-order valence-electron chi connectivity index (χ2n) is 9.45. The monoisotopic (exact) mass is 436 g/mol. The highest BCUT2D eigenvalue weighted by molar-refractivity contribution is 5.68. The number of methoxy groups -OCH3 is 1. The molecule has 0 aliphatic rings. The predicted octanol–water partition coefficient (Wildman–Crippen LogP) is 10.1. The SMILES string of the molecule is CCCCCCCC/C=C/CCCCCCCCCCCCCCCCCC(=O)OC. The Labute approximate surface area is 196 Å². The Morgan fingerprint density at radius 1 is 0.516 bits per heavy atom. The standard InChI is InChI=1S/C29H56O2/c1-3-4-5-6-7-8-9-10-11-12-13-14-15-16-17-18-19-20-21-22-23-24-25-26-27-28-29(30)31-2/h10-11H,3-9,12-28H2,1-2H3/b11-10+. The number of carbonyl (C=O) groups excluding carboxylic acids is 1. The smallest absolute Gasteiger partial charge is 0.305 e. The zero-order valence-electron chi connectivity index (χ0n) is 21.4. The van der Waals surface area contributed by atoms with Crippen LogP contribution < -0.4 is 0 Å². The van der Waals surface area contributed by atoms with Crippen molar-refractivity contribution in [2.75, 3.05) is 7.11 Å². The van der Waals surface area contributed by atoms with Crippen molar-refractivity contribution in [2.45, 2.75) is 161 Å². The van der Waals surface area contributed by atoms with Gasteiger partial charge in [-0.1, -0.05) is 135 Å². The molecule has 0 saturated heterocycles. The molecule has 31 heavy (non-hydrogen) atoms. The second-order valence-corrected chi connectivity index (χ2v) is 9.45. The lowest BCUT2D eigenvalue weighted by Gasteiger charge is -2.03. The van der Waals surface area contributed by atoms with Gasteiger partial charge in [-0.25, -0.2) is 0 Å². The van der Waals surface area contributed by atoms with E-state index >= 15 is 0 Å². The van der Waals surface area contributed by atoms with Crippen molar-refractivity contribution in [3.63, 3.8) is 0 Å². The van der Waals surface area contributed by atoms with Crippen LogP contribution in [-0.2, 0) is 9.53 Å². The maximum Gasteiger partial charge on any atom is 0.305 e. The average molecular weight is 437 g/mol. The van der Waals surface area contributed by atoms with E-state index in [1.54, 1.807) is 0 Å². The van der Waals surface area contributed by atoms with Gasteiger partial charge in [0.15, 0.2) is 0 Å². The van der Waals surface area contributed by atoms with Crippen molar-refractivity contribution in [2.24, 2.45) is 0 Å². The molecular formula is C29H56O2. The van der Waals surface area contributed by atoms with Crippen LogP contribution in [0.4, 0.5) is 0 Å². The van der Waals surface area contributed by atoms with Gasteiger partial charge < -0.3 is 4.74 Å². The maximum absolute atomic E-state index is 11.0. The number of ether oxygens (including phenoxy) is 1. The Morgan fingerprint density at radius 3 is 1.19 bits per heavy atom. The molecule has 0 radical (unpaired) electrons. The molecule has 0 rings (SSSR count). The third-order valence-electron chi connectivity index (χ3n) is 6.37. The van der Waals surface area contributed by atoms with Crippen molar-refractivity contribution in [1.82, 2.24) is 0 Å². The first-order chi connectivity index (χ1) is 15.3. The number of rotatable bonds is 25. The fraction of sp³-hybridized carbons (Fsp3) is 0.897. The van der Waals surface area contributed by atoms with Gasteiger partial charge in [0.1, 0.15) is 0 Å². The Hall–Kier alpha value is -0.790. The lowest BCUT2D eigenvalue weighted by atomic mass is 10.0. The molecule has 0 heterocycles. The molecule has 0 N–H and O–H groups in total. The van der Waals surface area contributed by atoms with Gasteiger partial charge in [-0.3, -0.25) is 4.79 Å². The summed E-state index contributed by atoms with van der Waals surface area (Å²) in [6.45, 7) is 2.29. The van der Waals surface area contributed by atoms with Crippen molar-refractivity contribution >= 4 is 5.97 Å². The Kier molecular flexibility index (Phi) is 26.5. The molecule has 0 fully saturated rings. The van der Waals surface area contributed by atoms with E-state index in [0.29, 0.717) is 6.42 Å². The summed E-state index contributed by atoms with van der Waals surface area (Å²) in [4.78, 5) is 11.0. The summed E-state index contributed by atoms with van der Waals surface area (Å²) in [6.07, 6.45) is 36.8. The minimum atomic E-state index is -0.0637. The summed E-state index contributed by atoms with van der Waals surface area (Å²) >= 11 is 0. The molecule has 2 nitrogen and oxygen atoms in total. The number of allylic oxidation sites excluding steroid dienone is 2. The molecular weight excluding hydrogens is 380 g/mol. The molecule has 0 unspecified atom stereocenters. The van der Waals surface area contributed by atoms with E-state index < -0.39 is 0 Å². The lowest BCUT2D eigenvalue weighted by molar-refractivity contribution is -0.140. The largest absolute Gasteiger partial charge is 0.469 e. The number of hydrogen-bond acceptors (Lipinski definition) is 2. The second kappa shape index (κ2) is 27.2. The first-order valence-corrected chi connectivity index (χ1v) is 14.0. The summed E-state index contributed by atoms with van der Waals surface area (Å²) in [5.41, 5.74) is 0. The van der Waals surface area contributed by atoms with Crippen molar-refractivity contribution < 1.29 is 9.53 Å². The third-order valence-corrected chi connectivity index (χ3v) is 6.37. The quantitative estimate of drug-likeness (QED) is 0.0808. The minimum absolute atomic E-state index is 0.0637. The maximum atomic E-state index is 11.0. The number of esters is 1. The van der Waals surface area contributed by atoms with Gasteiger partial charge in [0.2, 0.25) is 0 Å². The first kappa shape index (κ1) is 30.2. The van der Waals surface area contributed by atoms with Gasteiger partial charge in [-0.2, -0.15) is 0 Å². The Morgan fingerprint density at radius 2 is 0.839 bits per heavy atom. The third kappa shape index (κ3) is 27.2. The first-order valence-electron chi connectivity index (χ1n) is 14.0. The molecule has 0 bridgehead atoms. The van der Waals surface area contributed by atoms with E-state index in [4.69, 9.17) is 0 Å². The van der Waals surface area contributed by atoms with Crippen LogP contribution in [0.3, 0.4) is 0 Å². The molecule has 0 saturated carbocycles. The fourth-order valence-electron chi connectivity index (χ4n) is 4.21. The van der Waals surface area contributed by atoms with Gasteiger partial charge in [-0.05, 0) is 32.1 Å². The van der Waals surface area contributed by atoms with Gasteiger partial charge in [-0.15, -0.1) is 0 Å². The Balaban J connectivity index is 3.08. The molecule has 0 spiro atoms. The molecule has 0 atom stereocenters. The summed E-state index contributed by atoms with van der Waals surface area (Å²) in [5.74, 6) is -0.0637. The molecule has 0 aromatic rings. The molecule has 0 amide bonds. The van der Waals surface area contributed by atoms with E-state index in [9.17, 15) is 4.79 Å². The molecule has 0 aromatic carbocycles. The number of unbranched alkanes of at least 4 members (excludes halogenated alkanes) is 21. The molecule has 184 valence electrons. The molecule has 0 aliphatic heterocycles. The van der Waals surface area contributed by atoms with Crippen LogP contribution in [0.2, 0.25) is 0 Å². The summed E-state index contributed by atoms with van der Waals surface area (Å²) < 4.78 is 4.66. The Bertz CT molecular complexity index is 375. The normalized spacial score (nSPS) is 11.4. The van der Waals surface area contributed by atoms with Crippen LogP contribution in [-0.4, -0.2) is 13.1 Å². The van der Waals surface area contributed by atoms with Gasteiger partial charge in [0.25, 0.3) is 0 Å². The van der Waals surface area contributed by atoms with E-state index in [0.717, 1.165) is 6.42 Å². The number of hydrogen-bond donors (Lipinski definition) is 0. The number of carbonyl (C=O) groups is 1. The van der Waals surface area contributed by atoms with E-state index in [1.165, 1.54) is 148 Å². The zero-order valence-corrected chi connectivity index (χ0v) is 21.4. The highest BCUT2D eigenvalue weighted by atomic mass is 16.5. The summed E-state index contributed by atoms with van der Waals surface area (Å²) in [7, 11) is 1.47. The van der Waals surface area contributed by atoms with E-state index in [-0.39, 0.29) is 5.97 Å². The molecule has 0 aromatic heterocycles. The van der Waals surface area contributed by atoms with Crippen molar-refractivity contribution in [3.05, 3.63) is 12.2 Å². The van der Waals surface area contributed by atoms with Crippen molar-refractivity contribution in [3.8, 4) is 0 Å².